The number of ether oxygens (including phenoxy) is 1. The van der Waals surface area contributed by atoms with Crippen LogP contribution in [0.15, 0.2) is 48.5 Å². The zero-order chi connectivity index (χ0) is 18.2. The quantitative estimate of drug-likeness (QED) is 0.638. The molecule has 0 radical (unpaired) electrons. The number of hydrogen-bond donors (Lipinski definition) is 3. The normalized spacial score (nSPS) is 13.2. The molecule has 0 fully saturated rings. The zero-order valence-corrected chi connectivity index (χ0v) is 14.7. The maximum Gasteiger partial charge on any atom is 0.307 e. The Morgan fingerprint density at radius 3 is 2.72 bits per heavy atom. The molecule has 5 nitrogen and oxygen atoms in total. The lowest BCUT2D eigenvalue weighted by Gasteiger charge is -2.18. The molecular formula is C19H22ClNO4. The minimum atomic E-state index is -0.873. The van der Waals surface area contributed by atoms with Gasteiger partial charge in [0.25, 0.3) is 0 Å². The Bertz CT molecular complexity index is 707. The minimum absolute atomic E-state index is 0.0111. The molecule has 0 aliphatic heterocycles. The number of carboxylic acids is 1. The van der Waals surface area contributed by atoms with Gasteiger partial charge in [0.2, 0.25) is 0 Å². The molecule has 2 aromatic carbocycles. The predicted octanol–water partition coefficient (Wildman–Crippen LogP) is 3.06. The molecule has 2 atom stereocenters. The van der Waals surface area contributed by atoms with Crippen LogP contribution in [-0.4, -0.2) is 35.4 Å². The van der Waals surface area contributed by atoms with E-state index >= 15 is 0 Å². The van der Waals surface area contributed by atoms with Crippen molar-refractivity contribution >= 4 is 17.6 Å². The van der Waals surface area contributed by atoms with Gasteiger partial charge in [-0.3, -0.25) is 4.79 Å². The summed E-state index contributed by atoms with van der Waals surface area (Å²) in [6.45, 7) is 2.73. The Hall–Kier alpha value is -2.08. The first-order valence-corrected chi connectivity index (χ1v) is 8.42. The molecule has 0 aliphatic carbocycles. The van der Waals surface area contributed by atoms with Crippen molar-refractivity contribution in [3.05, 3.63) is 64.7 Å². The molecular weight excluding hydrogens is 342 g/mol. The van der Waals surface area contributed by atoms with E-state index in [1.807, 2.05) is 13.0 Å². The van der Waals surface area contributed by atoms with Crippen LogP contribution < -0.4 is 10.1 Å². The minimum Gasteiger partial charge on any atom is -0.492 e. The second-order valence-electron chi connectivity index (χ2n) is 5.91. The Kier molecular flexibility index (Phi) is 7.25. The second-order valence-corrected chi connectivity index (χ2v) is 6.35. The number of hydrogen-bond acceptors (Lipinski definition) is 4. The van der Waals surface area contributed by atoms with E-state index in [2.05, 4.69) is 5.32 Å². The molecule has 6 heteroatoms. The smallest absolute Gasteiger partial charge is 0.307 e. The van der Waals surface area contributed by atoms with Gasteiger partial charge in [-0.2, -0.15) is 0 Å². The molecule has 0 saturated carbocycles. The van der Waals surface area contributed by atoms with Crippen molar-refractivity contribution < 1.29 is 19.7 Å². The van der Waals surface area contributed by atoms with Gasteiger partial charge in [-0.05, 0) is 42.3 Å². The number of carboxylic acid groups (broad SMARTS) is 1. The highest BCUT2D eigenvalue weighted by atomic mass is 35.5. The predicted molar refractivity (Wildman–Crippen MR) is 97.2 cm³/mol. The summed E-state index contributed by atoms with van der Waals surface area (Å²) >= 11 is 5.93. The third-order valence-corrected chi connectivity index (χ3v) is 3.88. The molecule has 2 rings (SSSR count). The van der Waals surface area contributed by atoms with Crippen molar-refractivity contribution in [3.8, 4) is 5.75 Å². The van der Waals surface area contributed by atoms with E-state index in [1.165, 1.54) is 0 Å². The van der Waals surface area contributed by atoms with Crippen LogP contribution >= 0.6 is 11.6 Å². The number of nitrogens with one attached hydrogen (secondary N) is 1. The van der Waals surface area contributed by atoms with E-state index in [-0.39, 0.29) is 12.5 Å². The van der Waals surface area contributed by atoms with Crippen molar-refractivity contribution in [2.45, 2.75) is 25.5 Å². The topological polar surface area (TPSA) is 78.8 Å². The van der Waals surface area contributed by atoms with E-state index in [1.54, 1.807) is 42.5 Å². The number of benzene rings is 2. The molecule has 0 aromatic heterocycles. The molecule has 2 unspecified atom stereocenters. The fourth-order valence-corrected chi connectivity index (χ4v) is 2.54. The zero-order valence-electron chi connectivity index (χ0n) is 14.0. The average molecular weight is 364 g/mol. The third kappa shape index (κ3) is 6.74. The van der Waals surface area contributed by atoms with Crippen LogP contribution in [0.1, 0.15) is 24.2 Å². The van der Waals surface area contributed by atoms with Crippen LogP contribution in [0, 0.1) is 0 Å². The fourth-order valence-electron chi connectivity index (χ4n) is 2.34. The lowest BCUT2D eigenvalue weighted by molar-refractivity contribution is -0.136. The number of rotatable bonds is 9. The van der Waals surface area contributed by atoms with Gasteiger partial charge in [0.05, 0.1) is 12.5 Å². The van der Waals surface area contributed by atoms with Gasteiger partial charge in [0.1, 0.15) is 12.4 Å². The van der Waals surface area contributed by atoms with Gasteiger partial charge in [-0.1, -0.05) is 35.9 Å². The number of aliphatic hydroxyl groups is 1. The Labute approximate surface area is 152 Å². The standard InChI is InChI=1S/C19H22ClNO4/c1-13(21-11-18(22)15-5-3-6-16(20)10-15)12-25-17-7-2-4-14(8-17)9-19(23)24/h2-8,10,13,18,21-22H,9,11-12H2,1H3,(H,23,24). The number of carbonyl (C=O) groups is 1. The maximum atomic E-state index is 10.8. The van der Waals surface area contributed by atoms with E-state index in [0.29, 0.717) is 29.5 Å². The SMILES string of the molecule is CC(COc1cccc(CC(=O)O)c1)NCC(O)c1cccc(Cl)c1. The number of halogens is 1. The second kappa shape index (κ2) is 9.42. The summed E-state index contributed by atoms with van der Waals surface area (Å²) in [6, 6.07) is 14.2. The average Bonchev–Trinajstić information content (AvgIpc) is 2.57. The fraction of sp³-hybridized carbons (Fsp3) is 0.316. The van der Waals surface area contributed by atoms with Gasteiger partial charge in [-0.15, -0.1) is 0 Å². The van der Waals surface area contributed by atoms with Crippen LogP contribution in [0.3, 0.4) is 0 Å². The highest BCUT2D eigenvalue weighted by molar-refractivity contribution is 6.30. The van der Waals surface area contributed by atoms with Crippen molar-refractivity contribution in [1.29, 1.82) is 0 Å². The van der Waals surface area contributed by atoms with Gasteiger partial charge in [0, 0.05) is 17.6 Å². The summed E-state index contributed by atoms with van der Waals surface area (Å²) < 4.78 is 5.69. The largest absolute Gasteiger partial charge is 0.492 e. The van der Waals surface area contributed by atoms with Crippen molar-refractivity contribution in [3.63, 3.8) is 0 Å². The van der Waals surface area contributed by atoms with Gasteiger partial charge < -0.3 is 20.3 Å². The first-order chi connectivity index (χ1) is 11.9. The first kappa shape index (κ1) is 19.2. The summed E-state index contributed by atoms with van der Waals surface area (Å²) in [4.78, 5) is 10.8. The molecule has 0 amide bonds. The molecule has 0 heterocycles. The molecule has 2 aromatic rings. The highest BCUT2D eigenvalue weighted by Gasteiger charge is 2.10. The molecule has 0 spiro atoms. The van der Waals surface area contributed by atoms with Crippen molar-refractivity contribution in [2.75, 3.05) is 13.2 Å². The van der Waals surface area contributed by atoms with E-state index in [9.17, 15) is 9.90 Å². The Morgan fingerprint density at radius 2 is 2.00 bits per heavy atom. The van der Waals surface area contributed by atoms with Crippen LogP contribution in [0.25, 0.3) is 0 Å². The number of aliphatic hydroxyl groups excluding tert-OH is 1. The Balaban J connectivity index is 1.78. The summed E-state index contributed by atoms with van der Waals surface area (Å²) in [6.07, 6.45) is -0.684. The summed E-state index contributed by atoms with van der Waals surface area (Å²) in [5.74, 6) is -0.245. The maximum absolute atomic E-state index is 10.8. The molecule has 0 aliphatic rings. The van der Waals surface area contributed by atoms with Gasteiger partial charge in [-0.25, -0.2) is 0 Å². The molecule has 134 valence electrons. The molecule has 0 saturated heterocycles. The van der Waals surface area contributed by atoms with E-state index in [4.69, 9.17) is 21.4 Å². The third-order valence-electron chi connectivity index (χ3n) is 3.65. The van der Waals surface area contributed by atoms with Crippen molar-refractivity contribution in [1.82, 2.24) is 5.32 Å². The van der Waals surface area contributed by atoms with Crippen LogP contribution in [-0.2, 0) is 11.2 Å². The van der Waals surface area contributed by atoms with Gasteiger partial charge in [0.15, 0.2) is 0 Å². The summed E-state index contributed by atoms with van der Waals surface area (Å²) in [5, 5.41) is 22.8. The van der Waals surface area contributed by atoms with Crippen LogP contribution in [0.2, 0.25) is 5.02 Å². The summed E-state index contributed by atoms with van der Waals surface area (Å²) in [7, 11) is 0. The van der Waals surface area contributed by atoms with Crippen molar-refractivity contribution in [2.24, 2.45) is 0 Å². The van der Waals surface area contributed by atoms with Gasteiger partial charge >= 0.3 is 5.97 Å². The lowest BCUT2D eigenvalue weighted by atomic mass is 10.1. The molecule has 3 N–H and O–H groups in total. The summed E-state index contributed by atoms with van der Waals surface area (Å²) in [5.41, 5.74) is 1.46. The van der Waals surface area contributed by atoms with E-state index in [0.717, 1.165) is 5.56 Å². The Morgan fingerprint density at radius 1 is 1.24 bits per heavy atom. The molecule has 25 heavy (non-hydrogen) atoms. The number of aliphatic carboxylic acids is 1. The lowest BCUT2D eigenvalue weighted by Crippen LogP contribution is -2.34. The van der Waals surface area contributed by atoms with Crippen LogP contribution in [0.4, 0.5) is 0 Å². The first-order valence-electron chi connectivity index (χ1n) is 8.04. The molecule has 0 bridgehead atoms. The highest BCUT2D eigenvalue weighted by Crippen LogP contribution is 2.17. The van der Waals surface area contributed by atoms with Crippen LogP contribution in [0.5, 0.6) is 5.75 Å². The van der Waals surface area contributed by atoms with E-state index < -0.39 is 12.1 Å². The monoisotopic (exact) mass is 363 g/mol.